The van der Waals surface area contributed by atoms with E-state index in [2.05, 4.69) is 10.0 Å². The number of azide groups is 1. The lowest BCUT2D eigenvalue weighted by molar-refractivity contribution is 0.505. The van der Waals surface area contributed by atoms with Crippen LogP contribution in [-0.2, 0) is 0 Å². The van der Waals surface area contributed by atoms with E-state index in [4.69, 9.17) is 5.53 Å². The molecule has 1 aromatic heterocycles. The van der Waals surface area contributed by atoms with Crippen LogP contribution in [0.4, 0.5) is 4.39 Å². The highest BCUT2D eigenvalue weighted by Gasteiger charge is 2.10. The van der Waals surface area contributed by atoms with Gasteiger partial charge in [0.15, 0.2) is 0 Å². The molecule has 1 heterocycles. The van der Waals surface area contributed by atoms with Crippen LogP contribution in [0.15, 0.2) is 22.2 Å². The van der Waals surface area contributed by atoms with E-state index in [1.807, 2.05) is 0 Å². The Kier molecular flexibility index (Phi) is 3.48. The van der Waals surface area contributed by atoms with E-state index >= 15 is 0 Å². The Morgan fingerprint density at radius 3 is 3.00 bits per heavy atom. The largest absolute Gasteiger partial charge is 0.304 e. The van der Waals surface area contributed by atoms with Crippen LogP contribution in [0, 0.1) is 9.39 Å². The smallest absolute Gasteiger partial charge is 0.288 e. The Morgan fingerprint density at radius 2 is 2.43 bits per heavy atom. The van der Waals surface area contributed by atoms with E-state index < -0.39 is 17.5 Å². The van der Waals surface area contributed by atoms with Crippen molar-refractivity contribution in [2.45, 2.75) is 13.1 Å². The van der Waals surface area contributed by atoms with Gasteiger partial charge in [0, 0.05) is 11.1 Å². The average molecular weight is 308 g/mol. The summed E-state index contributed by atoms with van der Waals surface area (Å²) in [5, 5.41) is 3.30. The standard InChI is InChI=1S/C7H6FIN4O/c1-4(11-12-10)13-3-2-5(9)6(8)7(13)14/h2-4H,1H3. The predicted octanol–water partition coefficient (Wildman–Crippen LogP) is 2.42. The van der Waals surface area contributed by atoms with Crippen LogP contribution in [0.2, 0.25) is 0 Å². The second-order valence-electron chi connectivity index (χ2n) is 2.53. The molecule has 0 radical (unpaired) electrons. The molecule has 1 unspecified atom stereocenters. The molecule has 0 aliphatic rings. The average Bonchev–Trinajstić information content (AvgIpc) is 2.15. The Balaban J connectivity index is 3.31. The third kappa shape index (κ3) is 2.05. The molecule has 0 fully saturated rings. The topological polar surface area (TPSA) is 70.8 Å². The molecule has 0 N–H and O–H groups in total. The molecule has 0 aliphatic carbocycles. The number of pyridine rings is 1. The molecule has 5 nitrogen and oxygen atoms in total. The van der Waals surface area contributed by atoms with E-state index in [-0.39, 0.29) is 3.57 Å². The molecule has 1 aromatic rings. The Labute approximate surface area is 92.3 Å². The van der Waals surface area contributed by atoms with Gasteiger partial charge < -0.3 is 4.57 Å². The summed E-state index contributed by atoms with van der Waals surface area (Å²) in [6, 6.07) is 1.45. The van der Waals surface area contributed by atoms with E-state index in [1.165, 1.54) is 19.2 Å². The summed E-state index contributed by atoms with van der Waals surface area (Å²) in [7, 11) is 0. The Morgan fingerprint density at radius 1 is 1.79 bits per heavy atom. The first-order valence-electron chi connectivity index (χ1n) is 3.68. The number of halogens is 2. The molecule has 0 aromatic carbocycles. The van der Waals surface area contributed by atoms with E-state index in [0.717, 1.165) is 4.57 Å². The third-order valence-electron chi connectivity index (χ3n) is 1.63. The normalized spacial score (nSPS) is 11.9. The Bertz CT molecular complexity index is 451. The lowest BCUT2D eigenvalue weighted by atomic mass is 10.4. The second kappa shape index (κ2) is 4.43. The molecular weight excluding hydrogens is 302 g/mol. The van der Waals surface area contributed by atoms with Gasteiger partial charge in [0.1, 0.15) is 6.17 Å². The molecule has 1 rings (SSSR count). The molecule has 0 saturated carbocycles. The van der Waals surface area contributed by atoms with Gasteiger partial charge in [-0.3, -0.25) is 4.79 Å². The van der Waals surface area contributed by atoms with Gasteiger partial charge in [0.25, 0.3) is 5.56 Å². The zero-order chi connectivity index (χ0) is 10.7. The molecular formula is C7H6FIN4O. The highest BCUT2D eigenvalue weighted by atomic mass is 127. The highest BCUT2D eigenvalue weighted by Crippen LogP contribution is 2.09. The number of hydrogen-bond donors (Lipinski definition) is 0. The van der Waals surface area contributed by atoms with Crippen molar-refractivity contribution in [2.75, 3.05) is 0 Å². The number of nitrogens with zero attached hydrogens (tertiary/aromatic N) is 4. The summed E-state index contributed by atoms with van der Waals surface area (Å²) >= 11 is 1.72. The van der Waals surface area contributed by atoms with Crippen LogP contribution in [-0.4, -0.2) is 4.57 Å². The molecule has 1 atom stereocenters. The first-order valence-corrected chi connectivity index (χ1v) is 4.76. The Hall–Kier alpha value is -1.08. The van der Waals surface area contributed by atoms with Crippen molar-refractivity contribution >= 4 is 22.6 Å². The zero-order valence-electron chi connectivity index (χ0n) is 7.19. The second-order valence-corrected chi connectivity index (χ2v) is 3.69. The van der Waals surface area contributed by atoms with Crippen molar-refractivity contribution in [1.82, 2.24) is 4.57 Å². The van der Waals surface area contributed by atoms with Gasteiger partial charge in [-0.25, -0.2) is 0 Å². The van der Waals surface area contributed by atoms with Crippen molar-refractivity contribution in [1.29, 1.82) is 0 Å². The molecule has 0 aliphatic heterocycles. The zero-order valence-corrected chi connectivity index (χ0v) is 9.34. The molecule has 0 spiro atoms. The minimum atomic E-state index is -0.826. The molecule has 7 heteroatoms. The molecule has 0 bridgehead atoms. The first-order chi connectivity index (χ1) is 6.57. The fraction of sp³-hybridized carbons (Fsp3) is 0.286. The maximum atomic E-state index is 13.1. The fourth-order valence-corrected chi connectivity index (χ4v) is 1.32. The van der Waals surface area contributed by atoms with Gasteiger partial charge >= 0.3 is 0 Å². The summed E-state index contributed by atoms with van der Waals surface area (Å²) in [5.74, 6) is -0.826. The number of hydrogen-bond acceptors (Lipinski definition) is 2. The SMILES string of the molecule is CC(N=[N+]=[N-])n1ccc(I)c(F)c1=O. The minimum absolute atomic E-state index is 0.247. The van der Waals surface area contributed by atoms with Gasteiger partial charge in [0.2, 0.25) is 5.82 Å². The summed E-state index contributed by atoms with van der Waals surface area (Å²) in [4.78, 5) is 13.9. The van der Waals surface area contributed by atoms with Crippen molar-refractivity contribution in [3.8, 4) is 0 Å². The first kappa shape index (κ1) is 11.0. The van der Waals surface area contributed by atoms with E-state index in [0.29, 0.717) is 0 Å². The van der Waals surface area contributed by atoms with E-state index in [9.17, 15) is 9.18 Å². The van der Waals surface area contributed by atoms with Crippen molar-refractivity contribution in [3.63, 3.8) is 0 Å². The lowest BCUT2D eigenvalue weighted by Crippen LogP contribution is -2.25. The van der Waals surface area contributed by atoms with E-state index in [1.54, 1.807) is 22.6 Å². The van der Waals surface area contributed by atoms with Crippen LogP contribution in [0.3, 0.4) is 0 Å². The lowest BCUT2D eigenvalue weighted by Gasteiger charge is -2.08. The van der Waals surface area contributed by atoms with Gasteiger partial charge in [-0.15, -0.1) is 0 Å². The summed E-state index contributed by atoms with van der Waals surface area (Å²) in [6.45, 7) is 1.51. The van der Waals surface area contributed by atoms with Crippen LogP contribution in [0.25, 0.3) is 10.4 Å². The van der Waals surface area contributed by atoms with Crippen LogP contribution in [0.1, 0.15) is 13.1 Å². The maximum Gasteiger partial charge on any atom is 0.288 e. The number of rotatable bonds is 2. The molecule has 14 heavy (non-hydrogen) atoms. The quantitative estimate of drug-likeness (QED) is 0.358. The van der Waals surface area contributed by atoms with Gasteiger partial charge in [-0.1, -0.05) is 5.11 Å². The van der Waals surface area contributed by atoms with Crippen molar-refractivity contribution < 1.29 is 4.39 Å². The van der Waals surface area contributed by atoms with Gasteiger partial charge in [-0.2, -0.15) is 4.39 Å². The maximum absolute atomic E-state index is 13.1. The minimum Gasteiger partial charge on any atom is -0.304 e. The van der Waals surface area contributed by atoms with Gasteiger partial charge in [-0.05, 0) is 41.1 Å². The van der Waals surface area contributed by atoms with Gasteiger partial charge in [0.05, 0.1) is 3.57 Å². The molecule has 0 saturated heterocycles. The summed E-state index contributed by atoms with van der Waals surface area (Å²) in [6.07, 6.45) is 0.672. The highest BCUT2D eigenvalue weighted by molar-refractivity contribution is 14.1. The van der Waals surface area contributed by atoms with Crippen LogP contribution >= 0.6 is 22.6 Å². The third-order valence-corrected chi connectivity index (χ3v) is 2.47. The van der Waals surface area contributed by atoms with Crippen LogP contribution in [0.5, 0.6) is 0 Å². The predicted molar refractivity (Wildman–Crippen MR) is 57.2 cm³/mol. The number of aromatic nitrogens is 1. The summed E-state index contributed by atoms with van der Waals surface area (Å²) < 4.78 is 14.4. The summed E-state index contributed by atoms with van der Waals surface area (Å²) in [5.41, 5.74) is 7.38. The van der Waals surface area contributed by atoms with Crippen molar-refractivity contribution in [3.05, 3.63) is 42.4 Å². The monoisotopic (exact) mass is 308 g/mol. The fourth-order valence-electron chi connectivity index (χ4n) is 0.927. The van der Waals surface area contributed by atoms with Crippen LogP contribution < -0.4 is 5.56 Å². The van der Waals surface area contributed by atoms with Crippen molar-refractivity contribution in [2.24, 2.45) is 5.11 Å². The molecule has 0 amide bonds. The molecule has 74 valence electrons.